The predicted molar refractivity (Wildman–Crippen MR) is 109 cm³/mol. The first-order chi connectivity index (χ1) is 13.7. The Kier molecular flexibility index (Phi) is 7.46. The fourth-order valence-electron chi connectivity index (χ4n) is 3.28. The van der Waals surface area contributed by atoms with Gasteiger partial charge in [-0.05, 0) is 48.5 Å². The van der Waals surface area contributed by atoms with Gasteiger partial charge in [0.15, 0.2) is 6.29 Å². The van der Waals surface area contributed by atoms with Crippen LogP contribution in [0.5, 0.6) is 11.6 Å². The summed E-state index contributed by atoms with van der Waals surface area (Å²) in [4.78, 5) is 15.7. The highest BCUT2D eigenvalue weighted by atomic mass is 35.5. The zero-order chi connectivity index (χ0) is 19.8. The molecule has 0 saturated heterocycles. The molecule has 1 aromatic heterocycles. The second kappa shape index (κ2) is 10.2. The van der Waals surface area contributed by atoms with Crippen molar-refractivity contribution in [2.75, 3.05) is 26.9 Å². The second-order valence-electron chi connectivity index (χ2n) is 6.58. The lowest BCUT2D eigenvalue weighted by atomic mass is 9.87. The number of ether oxygens (including phenoxy) is 3. The summed E-state index contributed by atoms with van der Waals surface area (Å²) in [5, 5.41) is 0.754. The number of allylic oxidation sites excluding steroid dienone is 1. The Labute approximate surface area is 170 Å². The van der Waals surface area contributed by atoms with Crippen LogP contribution in [0.15, 0.2) is 42.1 Å². The number of carbonyl (C=O) groups excluding carboxylic acids is 1. The van der Waals surface area contributed by atoms with Crippen LogP contribution in [0.1, 0.15) is 41.6 Å². The van der Waals surface area contributed by atoms with Gasteiger partial charge in [-0.2, -0.15) is 0 Å². The van der Waals surface area contributed by atoms with Gasteiger partial charge in [-0.1, -0.05) is 29.8 Å². The van der Waals surface area contributed by atoms with Crippen molar-refractivity contribution < 1.29 is 19.0 Å². The van der Waals surface area contributed by atoms with Crippen molar-refractivity contribution in [3.05, 3.63) is 58.3 Å². The molecular formula is C22H24ClNO4. The Bertz CT molecular complexity index is 850. The number of halogens is 1. The zero-order valence-electron chi connectivity index (χ0n) is 15.9. The molecule has 1 heterocycles. The maximum Gasteiger partial charge on any atom is 0.214 e. The minimum Gasteiger partial charge on any atom is -0.487 e. The van der Waals surface area contributed by atoms with E-state index in [1.807, 2.05) is 24.3 Å². The summed E-state index contributed by atoms with van der Waals surface area (Å²) in [6.07, 6.45) is 6.49. The largest absolute Gasteiger partial charge is 0.487 e. The summed E-state index contributed by atoms with van der Waals surface area (Å²) in [6, 6.07) is 9.48. The summed E-state index contributed by atoms with van der Waals surface area (Å²) < 4.78 is 16.4. The Morgan fingerprint density at radius 3 is 2.75 bits per heavy atom. The number of aromatic nitrogens is 1. The van der Waals surface area contributed by atoms with Crippen molar-refractivity contribution in [2.45, 2.75) is 25.7 Å². The minimum atomic E-state index is 0.371. The van der Waals surface area contributed by atoms with Crippen LogP contribution in [-0.4, -0.2) is 38.2 Å². The van der Waals surface area contributed by atoms with E-state index in [4.69, 9.17) is 25.8 Å². The lowest BCUT2D eigenvalue weighted by Crippen LogP contribution is -2.10. The Hall–Kier alpha value is -2.37. The topological polar surface area (TPSA) is 57.7 Å². The molecule has 28 heavy (non-hydrogen) atoms. The van der Waals surface area contributed by atoms with Gasteiger partial charge in [-0.15, -0.1) is 0 Å². The third kappa shape index (κ3) is 5.12. The van der Waals surface area contributed by atoms with E-state index in [9.17, 15) is 4.79 Å². The van der Waals surface area contributed by atoms with Gasteiger partial charge in [0.2, 0.25) is 5.88 Å². The molecule has 148 valence electrons. The molecule has 0 N–H and O–H groups in total. The van der Waals surface area contributed by atoms with Gasteiger partial charge in [0.1, 0.15) is 19.0 Å². The van der Waals surface area contributed by atoms with Crippen molar-refractivity contribution in [1.82, 2.24) is 4.98 Å². The Balaban J connectivity index is 1.76. The molecule has 3 rings (SSSR count). The Morgan fingerprint density at radius 2 is 1.96 bits per heavy atom. The van der Waals surface area contributed by atoms with Crippen LogP contribution in [0.4, 0.5) is 0 Å². The van der Waals surface area contributed by atoms with Crippen LogP contribution in [0, 0.1) is 0 Å². The lowest BCUT2D eigenvalue weighted by molar-refractivity contribution is 0.111. The van der Waals surface area contributed by atoms with Crippen LogP contribution in [0.25, 0.3) is 5.57 Å². The van der Waals surface area contributed by atoms with Gasteiger partial charge in [0, 0.05) is 18.2 Å². The summed E-state index contributed by atoms with van der Waals surface area (Å²) in [6.45, 7) is 1.23. The maximum absolute atomic E-state index is 11.5. The van der Waals surface area contributed by atoms with Crippen LogP contribution >= 0.6 is 11.6 Å². The van der Waals surface area contributed by atoms with Crippen molar-refractivity contribution in [2.24, 2.45) is 0 Å². The summed E-state index contributed by atoms with van der Waals surface area (Å²) in [7, 11) is 1.60. The fraction of sp³-hybridized carbons (Fsp3) is 0.364. The first kappa shape index (κ1) is 20.4. The van der Waals surface area contributed by atoms with E-state index in [1.54, 1.807) is 13.2 Å². The summed E-state index contributed by atoms with van der Waals surface area (Å²) >= 11 is 6.40. The van der Waals surface area contributed by atoms with E-state index in [2.05, 4.69) is 4.98 Å². The molecule has 0 spiro atoms. The minimum absolute atomic E-state index is 0.371. The van der Waals surface area contributed by atoms with E-state index < -0.39 is 0 Å². The highest BCUT2D eigenvalue weighted by Crippen LogP contribution is 2.36. The molecule has 1 aliphatic carbocycles. The molecule has 6 heteroatoms. The number of aldehydes is 1. The molecule has 0 amide bonds. The van der Waals surface area contributed by atoms with Crippen LogP contribution in [-0.2, 0) is 4.74 Å². The van der Waals surface area contributed by atoms with Crippen LogP contribution in [0.3, 0.4) is 0 Å². The number of rotatable bonds is 9. The molecule has 0 atom stereocenters. The second-order valence-corrected chi connectivity index (χ2v) is 6.98. The van der Waals surface area contributed by atoms with Crippen LogP contribution in [0.2, 0.25) is 5.02 Å². The summed E-state index contributed by atoms with van der Waals surface area (Å²) in [5.74, 6) is 0.825. The first-order valence-electron chi connectivity index (χ1n) is 9.38. The molecule has 0 unspecified atom stereocenters. The third-order valence-corrected chi connectivity index (χ3v) is 5.05. The number of benzene rings is 1. The molecule has 1 aromatic carbocycles. The van der Waals surface area contributed by atoms with E-state index in [-0.39, 0.29) is 0 Å². The quantitative estimate of drug-likeness (QED) is 0.438. The lowest BCUT2D eigenvalue weighted by Gasteiger charge is -2.22. The fourth-order valence-corrected chi connectivity index (χ4v) is 3.53. The van der Waals surface area contributed by atoms with Gasteiger partial charge >= 0.3 is 0 Å². The van der Waals surface area contributed by atoms with E-state index in [0.717, 1.165) is 42.6 Å². The molecule has 5 nitrogen and oxygen atoms in total. The molecule has 0 radical (unpaired) electrons. The number of carbonyl (C=O) groups is 1. The van der Waals surface area contributed by atoms with Gasteiger partial charge in [0.25, 0.3) is 0 Å². The van der Waals surface area contributed by atoms with Gasteiger partial charge < -0.3 is 14.2 Å². The van der Waals surface area contributed by atoms with Crippen molar-refractivity contribution in [1.29, 1.82) is 0 Å². The predicted octanol–water partition coefficient (Wildman–Crippen LogP) is 4.98. The normalized spacial score (nSPS) is 14.1. The Morgan fingerprint density at radius 1 is 1.14 bits per heavy atom. The van der Waals surface area contributed by atoms with Gasteiger partial charge in [0.05, 0.1) is 18.4 Å². The average molecular weight is 402 g/mol. The zero-order valence-corrected chi connectivity index (χ0v) is 16.7. The average Bonchev–Trinajstić information content (AvgIpc) is 2.73. The molecule has 1 aliphatic rings. The highest BCUT2D eigenvalue weighted by molar-refractivity contribution is 6.32. The maximum atomic E-state index is 11.5. The van der Waals surface area contributed by atoms with E-state index in [0.29, 0.717) is 37.0 Å². The number of hydrogen-bond acceptors (Lipinski definition) is 5. The SMILES string of the molecule is COCCOc1cc(C=O)c(OCC2=C(c3ccccc3Cl)CCCC2)cn1. The van der Waals surface area contributed by atoms with Gasteiger partial charge in [-0.25, -0.2) is 4.98 Å². The van der Waals surface area contributed by atoms with E-state index in [1.165, 1.54) is 17.3 Å². The standard InChI is InChI=1S/C22H24ClNO4/c1-26-10-11-27-22-12-17(14-25)21(13-24-22)28-15-16-6-2-3-7-18(16)19-8-4-5-9-20(19)23/h4-5,8-9,12-14H,2-3,6-7,10-11,15H2,1H3. The highest BCUT2D eigenvalue weighted by Gasteiger charge is 2.17. The van der Waals surface area contributed by atoms with Crippen LogP contribution < -0.4 is 9.47 Å². The first-order valence-corrected chi connectivity index (χ1v) is 9.76. The number of methoxy groups -OCH3 is 1. The molecule has 0 aliphatic heterocycles. The van der Waals surface area contributed by atoms with Crippen molar-refractivity contribution in [3.8, 4) is 11.6 Å². The smallest absolute Gasteiger partial charge is 0.214 e. The monoisotopic (exact) mass is 401 g/mol. The summed E-state index contributed by atoms with van der Waals surface area (Å²) in [5.41, 5.74) is 3.95. The third-order valence-electron chi connectivity index (χ3n) is 4.72. The number of pyridine rings is 1. The molecule has 0 bridgehead atoms. The van der Waals surface area contributed by atoms with E-state index >= 15 is 0 Å². The van der Waals surface area contributed by atoms with Crippen molar-refractivity contribution in [3.63, 3.8) is 0 Å². The van der Waals surface area contributed by atoms with Gasteiger partial charge in [-0.3, -0.25) is 4.79 Å². The molecule has 2 aromatic rings. The molecule has 0 saturated carbocycles. The number of hydrogen-bond donors (Lipinski definition) is 0. The molecular weight excluding hydrogens is 378 g/mol. The molecule has 0 fully saturated rings. The van der Waals surface area contributed by atoms with Crippen molar-refractivity contribution >= 4 is 23.5 Å². The number of nitrogens with zero attached hydrogens (tertiary/aromatic N) is 1.